The number of rotatable bonds is 0. The Balaban J connectivity index is 0.000000980. The molecule has 14 heavy (non-hydrogen) atoms. The molecule has 1 aliphatic heterocycles. The molecule has 0 fully saturated rings. The van der Waals surface area contributed by atoms with Gasteiger partial charge in [-0.3, -0.25) is 0 Å². The molecule has 78 valence electrons. The number of hydrogen-bond acceptors (Lipinski definition) is 2. The molecule has 0 aliphatic carbocycles. The van der Waals surface area contributed by atoms with Gasteiger partial charge in [0.05, 0.1) is 11.6 Å². The summed E-state index contributed by atoms with van der Waals surface area (Å²) >= 11 is 11.8. The first kappa shape index (κ1) is 11.9. The van der Waals surface area contributed by atoms with Gasteiger partial charge in [-0.2, -0.15) is 0 Å². The third-order valence-corrected chi connectivity index (χ3v) is 2.94. The second kappa shape index (κ2) is 4.58. The van der Waals surface area contributed by atoms with Gasteiger partial charge in [-0.15, -0.1) is 12.4 Å². The van der Waals surface area contributed by atoms with Gasteiger partial charge in [0.1, 0.15) is 10.8 Å². The molecule has 1 atom stereocenters. The fourth-order valence-corrected chi connectivity index (χ4v) is 1.80. The van der Waals surface area contributed by atoms with Crippen LogP contribution >= 0.6 is 35.6 Å². The molecule has 1 heterocycles. The van der Waals surface area contributed by atoms with E-state index in [0.717, 1.165) is 12.0 Å². The Bertz CT molecular complexity index is 343. The van der Waals surface area contributed by atoms with Crippen LogP contribution in [0.15, 0.2) is 12.1 Å². The molecule has 0 radical (unpaired) electrons. The van der Waals surface area contributed by atoms with Crippen LogP contribution in [0.2, 0.25) is 10.0 Å². The summed E-state index contributed by atoms with van der Waals surface area (Å²) in [6, 6.07) is 3.63. The van der Waals surface area contributed by atoms with Crippen molar-refractivity contribution in [2.45, 2.75) is 12.5 Å². The molecule has 2 rings (SSSR count). The number of halogens is 3. The number of ether oxygens (including phenoxy) is 1. The zero-order valence-corrected chi connectivity index (χ0v) is 9.62. The molecule has 0 saturated heterocycles. The monoisotopic (exact) mass is 253 g/mol. The highest BCUT2D eigenvalue weighted by Gasteiger charge is 2.21. The summed E-state index contributed by atoms with van der Waals surface area (Å²) in [7, 11) is 0. The Kier molecular flexibility index (Phi) is 3.90. The molecule has 2 N–H and O–H groups in total. The van der Waals surface area contributed by atoms with Crippen molar-refractivity contribution in [3.05, 3.63) is 27.7 Å². The van der Waals surface area contributed by atoms with Crippen LogP contribution in [0.1, 0.15) is 18.0 Å². The molecule has 0 aromatic heterocycles. The van der Waals surface area contributed by atoms with E-state index < -0.39 is 0 Å². The summed E-state index contributed by atoms with van der Waals surface area (Å²) in [5.74, 6) is 0.646. The Morgan fingerprint density at radius 2 is 2.07 bits per heavy atom. The van der Waals surface area contributed by atoms with Crippen LogP contribution in [0.25, 0.3) is 0 Å². The maximum Gasteiger partial charge on any atom is 0.144 e. The van der Waals surface area contributed by atoms with Gasteiger partial charge in [-0.05, 0) is 6.07 Å². The van der Waals surface area contributed by atoms with Crippen molar-refractivity contribution < 1.29 is 4.74 Å². The maximum absolute atomic E-state index is 5.96. The lowest BCUT2D eigenvalue weighted by atomic mass is 10.0. The molecule has 5 heteroatoms. The second-order valence-corrected chi connectivity index (χ2v) is 3.81. The Morgan fingerprint density at radius 1 is 1.36 bits per heavy atom. The van der Waals surface area contributed by atoms with E-state index >= 15 is 0 Å². The van der Waals surface area contributed by atoms with Crippen molar-refractivity contribution >= 4 is 35.6 Å². The van der Waals surface area contributed by atoms with E-state index in [1.54, 1.807) is 6.07 Å². The summed E-state index contributed by atoms with van der Waals surface area (Å²) in [6.07, 6.45) is 0.824. The lowest BCUT2D eigenvalue weighted by Gasteiger charge is -2.23. The summed E-state index contributed by atoms with van der Waals surface area (Å²) < 4.78 is 5.41. The van der Waals surface area contributed by atoms with Gasteiger partial charge in [0.25, 0.3) is 0 Å². The predicted octanol–water partition coefficient (Wildman–Crippen LogP) is 3.20. The van der Waals surface area contributed by atoms with Gasteiger partial charge >= 0.3 is 0 Å². The van der Waals surface area contributed by atoms with Crippen molar-refractivity contribution in [3.63, 3.8) is 0 Å². The average molecular weight is 255 g/mol. The lowest BCUT2D eigenvalue weighted by Crippen LogP contribution is -2.20. The van der Waals surface area contributed by atoms with E-state index in [-0.39, 0.29) is 18.4 Å². The van der Waals surface area contributed by atoms with E-state index in [1.165, 1.54) is 0 Å². The number of fused-ring (bicyclic) bond motifs is 1. The van der Waals surface area contributed by atoms with Gasteiger partial charge in [-0.1, -0.05) is 29.3 Å². The molecule has 0 amide bonds. The zero-order valence-electron chi connectivity index (χ0n) is 7.30. The minimum Gasteiger partial charge on any atom is -0.492 e. The zero-order chi connectivity index (χ0) is 9.42. The quantitative estimate of drug-likeness (QED) is 0.772. The Hall–Kier alpha value is -0.150. The molecule has 0 spiro atoms. The fourth-order valence-electron chi connectivity index (χ4n) is 1.43. The average Bonchev–Trinajstić information content (AvgIpc) is 2.12. The second-order valence-electron chi connectivity index (χ2n) is 3.02. The highest BCUT2D eigenvalue weighted by atomic mass is 35.5. The van der Waals surface area contributed by atoms with Crippen molar-refractivity contribution in [1.29, 1.82) is 0 Å². The van der Waals surface area contributed by atoms with Gasteiger partial charge in [0, 0.05) is 18.0 Å². The molecule has 2 nitrogen and oxygen atoms in total. The van der Waals surface area contributed by atoms with Crippen LogP contribution < -0.4 is 10.5 Å². The van der Waals surface area contributed by atoms with Gasteiger partial charge in [0.2, 0.25) is 0 Å². The standard InChI is InChI=1S/C9H9Cl2NO.ClH/c10-6-2-1-5-7(12)3-4-13-9(5)8(6)11;/h1-2,7H,3-4,12H2;1H. The number of hydrogen-bond donors (Lipinski definition) is 1. The third kappa shape index (κ3) is 1.94. The van der Waals surface area contributed by atoms with Crippen molar-refractivity contribution in [2.24, 2.45) is 5.73 Å². The molecule has 1 unspecified atom stereocenters. The smallest absolute Gasteiger partial charge is 0.144 e. The van der Waals surface area contributed by atoms with Gasteiger partial charge in [-0.25, -0.2) is 0 Å². The predicted molar refractivity (Wildman–Crippen MR) is 60.8 cm³/mol. The van der Waals surface area contributed by atoms with Crippen molar-refractivity contribution in [3.8, 4) is 5.75 Å². The molecular weight excluding hydrogens is 244 g/mol. The van der Waals surface area contributed by atoms with E-state index in [4.69, 9.17) is 33.7 Å². The normalized spacial score (nSPS) is 19.2. The van der Waals surface area contributed by atoms with Gasteiger partial charge in [0.15, 0.2) is 0 Å². The summed E-state index contributed by atoms with van der Waals surface area (Å²) in [5.41, 5.74) is 6.83. The molecule has 0 saturated carbocycles. The topological polar surface area (TPSA) is 35.2 Å². The molecule has 1 aromatic rings. The minimum absolute atomic E-state index is 0. The summed E-state index contributed by atoms with van der Waals surface area (Å²) in [4.78, 5) is 0. The van der Waals surface area contributed by atoms with Crippen LogP contribution in [0.3, 0.4) is 0 Å². The first-order valence-corrected chi connectivity index (χ1v) is 4.82. The maximum atomic E-state index is 5.96. The summed E-state index contributed by atoms with van der Waals surface area (Å²) in [6.45, 7) is 0.605. The first-order chi connectivity index (χ1) is 6.20. The summed E-state index contributed by atoms with van der Waals surface area (Å²) in [5, 5.41) is 0.976. The Labute approximate surface area is 98.7 Å². The van der Waals surface area contributed by atoms with Crippen LogP contribution in [0, 0.1) is 0 Å². The van der Waals surface area contributed by atoms with Crippen LogP contribution in [-0.4, -0.2) is 6.61 Å². The van der Waals surface area contributed by atoms with Crippen molar-refractivity contribution in [2.75, 3.05) is 6.61 Å². The van der Waals surface area contributed by atoms with Crippen LogP contribution in [-0.2, 0) is 0 Å². The number of nitrogens with two attached hydrogens (primary N) is 1. The first-order valence-electron chi connectivity index (χ1n) is 4.06. The highest BCUT2D eigenvalue weighted by molar-refractivity contribution is 6.43. The lowest BCUT2D eigenvalue weighted by molar-refractivity contribution is 0.269. The largest absolute Gasteiger partial charge is 0.492 e. The molecule has 1 aromatic carbocycles. The van der Waals surface area contributed by atoms with E-state index in [1.807, 2.05) is 6.07 Å². The van der Waals surface area contributed by atoms with E-state index in [2.05, 4.69) is 0 Å². The SMILES string of the molecule is Cl.NC1CCOc2c1ccc(Cl)c2Cl. The Morgan fingerprint density at radius 3 is 2.79 bits per heavy atom. The van der Waals surface area contributed by atoms with Crippen LogP contribution in [0.4, 0.5) is 0 Å². The molecule has 0 bridgehead atoms. The number of benzene rings is 1. The van der Waals surface area contributed by atoms with E-state index in [0.29, 0.717) is 22.4 Å². The van der Waals surface area contributed by atoms with Crippen LogP contribution in [0.5, 0.6) is 5.75 Å². The van der Waals surface area contributed by atoms with Gasteiger partial charge < -0.3 is 10.5 Å². The molecular formula is C9H10Cl3NO. The third-order valence-electron chi connectivity index (χ3n) is 2.16. The van der Waals surface area contributed by atoms with Crippen molar-refractivity contribution in [1.82, 2.24) is 0 Å². The fraction of sp³-hybridized carbons (Fsp3) is 0.333. The minimum atomic E-state index is 0. The molecule has 1 aliphatic rings. The van der Waals surface area contributed by atoms with E-state index in [9.17, 15) is 0 Å². The highest BCUT2D eigenvalue weighted by Crippen LogP contribution is 2.40.